The zero-order valence-electron chi connectivity index (χ0n) is 10.3. The van der Waals surface area contributed by atoms with Gasteiger partial charge in [0.1, 0.15) is 5.75 Å². The van der Waals surface area contributed by atoms with Crippen molar-refractivity contribution in [2.24, 2.45) is 0 Å². The van der Waals surface area contributed by atoms with Crippen molar-refractivity contribution in [1.29, 1.82) is 0 Å². The number of fused-ring (bicyclic) bond motifs is 1. The van der Waals surface area contributed by atoms with Crippen LogP contribution in [0.5, 0.6) is 5.75 Å². The van der Waals surface area contributed by atoms with Gasteiger partial charge >= 0.3 is 0 Å². The highest BCUT2D eigenvalue weighted by atomic mass is 16.3. The smallest absolute Gasteiger partial charge is 0.115 e. The molecule has 1 aromatic heterocycles. The van der Waals surface area contributed by atoms with Gasteiger partial charge in [-0.15, -0.1) is 0 Å². The van der Waals surface area contributed by atoms with Crippen molar-refractivity contribution in [3.05, 3.63) is 59.4 Å². The molecule has 18 heavy (non-hydrogen) atoms. The van der Waals surface area contributed by atoms with Gasteiger partial charge in [0.2, 0.25) is 0 Å². The Morgan fingerprint density at radius 3 is 3.00 bits per heavy atom. The molecule has 1 aliphatic rings. The van der Waals surface area contributed by atoms with Gasteiger partial charge < -0.3 is 10.4 Å². The Morgan fingerprint density at radius 2 is 2.22 bits per heavy atom. The lowest BCUT2D eigenvalue weighted by Crippen LogP contribution is -2.37. The maximum absolute atomic E-state index is 9.68. The molecular weight excluding hydrogens is 224 g/mol. The molecule has 0 radical (unpaired) electrons. The van der Waals surface area contributed by atoms with Crippen LogP contribution < -0.4 is 5.32 Å². The summed E-state index contributed by atoms with van der Waals surface area (Å²) in [5.74, 6) is 0.319. The van der Waals surface area contributed by atoms with Crippen LogP contribution in [0.1, 0.15) is 29.7 Å². The quantitative estimate of drug-likeness (QED) is 0.804. The van der Waals surface area contributed by atoms with E-state index < -0.39 is 0 Å². The molecule has 3 rings (SSSR count). The summed E-state index contributed by atoms with van der Waals surface area (Å²) in [5, 5.41) is 13.2. The topological polar surface area (TPSA) is 45.2 Å². The van der Waals surface area contributed by atoms with Crippen molar-refractivity contribution in [2.75, 3.05) is 0 Å². The van der Waals surface area contributed by atoms with E-state index in [1.165, 1.54) is 5.56 Å². The molecule has 0 bridgehead atoms. The Balaban J connectivity index is 2.09. The lowest BCUT2D eigenvalue weighted by atomic mass is 9.87. The summed E-state index contributed by atoms with van der Waals surface area (Å²) in [5.41, 5.74) is 3.59. The third kappa shape index (κ3) is 1.97. The van der Waals surface area contributed by atoms with E-state index in [2.05, 4.69) is 23.3 Å². The maximum atomic E-state index is 9.68. The summed E-state index contributed by atoms with van der Waals surface area (Å²) in [6.07, 6.45) is 4.65. The number of aromatic nitrogens is 1. The molecule has 0 spiro atoms. The SMILES string of the molecule is CC1Cc2ccc(O)cc2C(c2cccnc2)N1. The number of hydrogen-bond donors (Lipinski definition) is 2. The van der Waals surface area contributed by atoms with Crippen LogP contribution in [0.2, 0.25) is 0 Å². The van der Waals surface area contributed by atoms with Crippen molar-refractivity contribution >= 4 is 0 Å². The lowest BCUT2D eigenvalue weighted by Gasteiger charge is -2.31. The number of hydrogen-bond acceptors (Lipinski definition) is 3. The van der Waals surface area contributed by atoms with Crippen LogP contribution in [-0.4, -0.2) is 16.1 Å². The summed E-state index contributed by atoms with van der Waals surface area (Å²) in [6, 6.07) is 10.2. The molecule has 1 aromatic carbocycles. The van der Waals surface area contributed by atoms with Gasteiger partial charge in [0.15, 0.2) is 0 Å². The summed E-state index contributed by atoms with van der Waals surface area (Å²) in [7, 11) is 0. The van der Waals surface area contributed by atoms with Gasteiger partial charge in [-0.05, 0) is 48.2 Å². The average molecular weight is 240 g/mol. The molecule has 3 nitrogen and oxygen atoms in total. The van der Waals surface area contributed by atoms with Crippen LogP contribution in [0.15, 0.2) is 42.7 Å². The van der Waals surface area contributed by atoms with Crippen molar-refractivity contribution in [1.82, 2.24) is 10.3 Å². The Labute approximate surface area is 107 Å². The second-order valence-corrected chi connectivity index (χ2v) is 4.87. The molecule has 2 atom stereocenters. The van der Waals surface area contributed by atoms with E-state index >= 15 is 0 Å². The first kappa shape index (κ1) is 11.2. The van der Waals surface area contributed by atoms with Gasteiger partial charge in [0.05, 0.1) is 6.04 Å². The van der Waals surface area contributed by atoms with Crippen LogP contribution in [0.25, 0.3) is 0 Å². The van der Waals surface area contributed by atoms with Crippen LogP contribution in [0.4, 0.5) is 0 Å². The molecule has 0 saturated heterocycles. The first-order valence-corrected chi connectivity index (χ1v) is 6.22. The molecule has 0 saturated carbocycles. The van der Waals surface area contributed by atoms with Crippen molar-refractivity contribution in [3.8, 4) is 5.75 Å². The molecule has 2 N–H and O–H groups in total. The van der Waals surface area contributed by atoms with E-state index in [-0.39, 0.29) is 6.04 Å². The zero-order chi connectivity index (χ0) is 12.5. The largest absolute Gasteiger partial charge is 0.508 e. The number of benzene rings is 1. The van der Waals surface area contributed by atoms with Gasteiger partial charge in [-0.3, -0.25) is 4.98 Å². The van der Waals surface area contributed by atoms with Gasteiger partial charge in [-0.25, -0.2) is 0 Å². The fourth-order valence-corrected chi connectivity index (χ4v) is 2.62. The number of nitrogens with zero attached hydrogens (tertiary/aromatic N) is 1. The monoisotopic (exact) mass is 240 g/mol. The van der Waals surface area contributed by atoms with Crippen LogP contribution in [0.3, 0.4) is 0 Å². The van der Waals surface area contributed by atoms with E-state index in [1.54, 1.807) is 12.3 Å². The van der Waals surface area contributed by atoms with Crippen LogP contribution in [-0.2, 0) is 6.42 Å². The van der Waals surface area contributed by atoms with Gasteiger partial charge in [0, 0.05) is 18.4 Å². The molecule has 0 fully saturated rings. The van der Waals surface area contributed by atoms with Crippen molar-refractivity contribution < 1.29 is 5.11 Å². The minimum absolute atomic E-state index is 0.115. The zero-order valence-corrected chi connectivity index (χ0v) is 10.3. The highest BCUT2D eigenvalue weighted by Gasteiger charge is 2.25. The Morgan fingerprint density at radius 1 is 1.33 bits per heavy atom. The summed E-state index contributed by atoms with van der Waals surface area (Å²) >= 11 is 0. The number of phenols is 1. The highest BCUT2D eigenvalue weighted by molar-refractivity contribution is 5.43. The minimum atomic E-state index is 0.115. The van der Waals surface area contributed by atoms with Gasteiger partial charge in [0.25, 0.3) is 0 Å². The third-order valence-corrected chi connectivity index (χ3v) is 3.44. The molecule has 92 valence electrons. The molecule has 0 aliphatic carbocycles. The number of pyridine rings is 1. The van der Waals surface area contributed by atoms with Gasteiger partial charge in [-0.1, -0.05) is 12.1 Å². The molecule has 2 heterocycles. The van der Waals surface area contributed by atoms with Crippen LogP contribution >= 0.6 is 0 Å². The summed E-state index contributed by atoms with van der Waals surface area (Å²) < 4.78 is 0. The molecule has 2 unspecified atom stereocenters. The maximum Gasteiger partial charge on any atom is 0.115 e. The second-order valence-electron chi connectivity index (χ2n) is 4.87. The predicted octanol–water partition coefficient (Wildman–Crippen LogP) is 2.41. The van der Waals surface area contributed by atoms with E-state index in [1.807, 2.05) is 24.4 Å². The molecule has 1 aliphatic heterocycles. The first-order chi connectivity index (χ1) is 8.74. The molecule has 2 aromatic rings. The van der Waals surface area contributed by atoms with E-state index in [9.17, 15) is 5.11 Å². The number of rotatable bonds is 1. The Bertz CT molecular complexity index is 554. The second kappa shape index (κ2) is 4.42. The molecule has 0 amide bonds. The Hall–Kier alpha value is -1.87. The van der Waals surface area contributed by atoms with E-state index in [0.29, 0.717) is 11.8 Å². The van der Waals surface area contributed by atoms with Gasteiger partial charge in [-0.2, -0.15) is 0 Å². The summed E-state index contributed by atoms with van der Waals surface area (Å²) in [6.45, 7) is 2.18. The standard InChI is InChI=1S/C15H16N2O/c1-10-7-11-4-5-13(18)8-14(11)15(17-10)12-3-2-6-16-9-12/h2-6,8-10,15,17-18H,7H2,1H3. The third-order valence-electron chi connectivity index (χ3n) is 3.44. The van der Waals surface area contributed by atoms with Crippen LogP contribution in [0, 0.1) is 0 Å². The van der Waals surface area contributed by atoms with E-state index in [4.69, 9.17) is 0 Å². The predicted molar refractivity (Wildman–Crippen MR) is 70.5 cm³/mol. The van der Waals surface area contributed by atoms with Crippen molar-refractivity contribution in [3.63, 3.8) is 0 Å². The first-order valence-electron chi connectivity index (χ1n) is 6.22. The number of phenolic OH excluding ortho intramolecular Hbond substituents is 1. The average Bonchev–Trinajstić information content (AvgIpc) is 2.39. The summed E-state index contributed by atoms with van der Waals surface area (Å²) in [4.78, 5) is 4.18. The lowest BCUT2D eigenvalue weighted by molar-refractivity contribution is 0.449. The number of aromatic hydroxyl groups is 1. The Kier molecular flexibility index (Phi) is 2.76. The van der Waals surface area contributed by atoms with Crippen molar-refractivity contribution in [2.45, 2.75) is 25.4 Å². The molecule has 3 heteroatoms. The highest BCUT2D eigenvalue weighted by Crippen LogP contribution is 2.32. The molecular formula is C15H16N2O. The normalized spacial score (nSPS) is 22.5. The fraction of sp³-hybridized carbons (Fsp3) is 0.267. The van der Waals surface area contributed by atoms with E-state index in [0.717, 1.165) is 17.5 Å². The fourth-order valence-electron chi connectivity index (χ4n) is 2.62. The number of nitrogens with one attached hydrogen (secondary N) is 1. The minimum Gasteiger partial charge on any atom is -0.508 e.